The summed E-state index contributed by atoms with van der Waals surface area (Å²) in [6.45, 7) is 1.63. The van der Waals surface area contributed by atoms with Gasteiger partial charge in [-0.05, 0) is 53.1 Å². The van der Waals surface area contributed by atoms with Crippen LogP contribution in [0.5, 0.6) is 11.5 Å². The van der Waals surface area contributed by atoms with Gasteiger partial charge in [0.25, 0.3) is 0 Å². The maximum absolute atomic E-state index is 10.9. The first-order valence-corrected chi connectivity index (χ1v) is 10.4. The second-order valence-corrected chi connectivity index (χ2v) is 7.91. The highest BCUT2D eigenvalue weighted by atomic mass is 79.9. The predicted molar refractivity (Wildman–Crippen MR) is 120 cm³/mol. The number of hydrogen-bond acceptors (Lipinski definition) is 4. The maximum atomic E-state index is 10.9. The van der Waals surface area contributed by atoms with Gasteiger partial charge >= 0.3 is 5.97 Å². The zero-order chi connectivity index (χ0) is 21.5. The van der Waals surface area contributed by atoms with Crippen LogP contribution >= 0.6 is 27.5 Å². The average Bonchev–Trinajstić information content (AvgIpc) is 2.75. The van der Waals surface area contributed by atoms with Crippen LogP contribution < -0.4 is 14.8 Å². The Labute approximate surface area is 188 Å². The Morgan fingerprint density at radius 1 is 1.00 bits per heavy atom. The summed E-state index contributed by atoms with van der Waals surface area (Å²) in [4.78, 5) is 10.9. The summed E-state index contributed by atoms with van der Waals surface area (Å²) in [5.41, 5.74) is 3.32. The third kappa shape index (κ3) is 5.98. The summed E-state index contributed by atoms with van der Waals surface area (Å²) in [7, 11) is 1.61. The molecule has 30 heavy (non-hydrogen) atoms. The summed E-state index contributed by atoms with van der Waals surface area (Å²) in [5, 5.41) is 13.0. The van der Waals surface area contributed by atoms with E-state index in [1.165, 1.54) is 0 Å². The second kappa shape index (κ2) is 10.5. The van der Waals surface area contributed by atoms with Crippen molar-refractivity contribution in [2.24, 2.45) is 0 Å². The van der Waals surface area contributed by atoms with Gasteiger partial charge in [-0.25, -0.2) is 4.79 Å². The smallest absolute Gasteiger partial charge is 0.335 e. The van der Waals surface area contributed by atoms with E-state index in [1.807, 2.05) is 36.4 Å². The first kappa shape index (κ1) is 22.2. The Morgan fingerprint density at radius 3 is 2.30 bits per heavy atom. The highest BCUT2D eigenvalue weighted by Gasteiger charge is 2.11. The molecule has 0 heterocycles. The Balaban J connectivity index is 1.61. The van der Waals surface area contributed by atoms with Crippen molar-refractivity contribution in [3.63, 3.8) is 0 Å². The number of hydrogen-bond donors (Lipinski definition) is 2. The van der Waals surface area contributed by atoms with Crippen molar-refractivity contribution in [2.45, 2.75) is 19.7 Å². The molecule has 0 aromatic heterocycles. The van der Waals surface area contributed by atoms with Crippen LogP contribution in [-0.2, 0) is 19.7 Å². The highest BCUT2D eigenvalue weighted by Crippen LogP contribution is 2.34. The molecule has 0 radical (unpaired) electrons. The standard InChI is InChI=1S/C23H21BrClNO4/c1-29-21-10-18(13-26-12-15-2-6-17(7-3-15)23(27)28)20(24)11-22(21)30-14-16-4-8-19(25)9-5-16/h2-11,26H,12-14H2,1H3,(H,27,28). The molecular formula is C23H21BrClNO4. The Hall–Kier alpha value is -2.54. The van der Waals surface area contributed by atoms with Gasteiger partial charge < -0.3 is 19.9 Å². The summed E-state index contributed by atoms with van der Waals surface area (Å²) >= 11 is 9.52. The molecule has 0 amide bonds. The summed E-state index contributed by atoms with van der Waals surface area (Å²) in [6.07, 6.45) is 0. The molecule has 0 aliphatic rings. The number of ether oxygens (including phenoxy) is 2. The van der Waals surface area contributed by atoms with E-state index in [4.69, 9.17) is 26.2 Å². The minimum atomic E-state index is -0.927. The van der Waals surface area contributed by atoms with E-state index in [-0.39, 0.29) is 5.56 Å². The minimum Gasteiger partial charge on any atom is -0.493 e. The fraction of sp³-hybridized carbons (Fsp3) is 0.174. The van der Waals surface area contributed by atoms with Crippen LogP contribution in [0, 0.1) is 0 Å². The third-order valence-corrected chi connectivity index (χ3v) is 5.48. The number of nitrogens with one attached hydrogen (secondary N) is 1. The molecule has 0 bridgehead atoms. The van der Waals surface area contributed by atoms with Crippen LogP contribution in [-0.4, -0.2) is 18.2 Å². The molecular weight excluding hydrogens is 470 g/mol. The van der Waals surface area contributed by atoms with Crippen molar-refractivity contribution in [1.29, 1.82) is 0 Å². The molecule has 0 spiro atoms. The molecule has 0 aliphatic carbocycles. The lowest BCUT2D eigenvalue weighted by atomic mass is 10.1. The molecule has 0 atom stereocenters. The molecule has 0 saturated heterocycles. The Morgan fingerprint density at radius 2 is 1.67 bits per heavy atom. The average molecular weight is 491 g/mol. The summed E-state index contributed by atoms with van der Waals surface area (Å²) in [6, 6.07) is 18.1. The highest BCUT2D eigenvalue weighted by molar-refractivity contribution is 9.10. The lowest BCUT2D eigenvalue weighted by Gasteiger charge is -2.15. The number of halogens is 2. The molecule has 3 aromatic rings. The number of carboxylic acid groups (broad SMARTS) is 1. The fourth-order valence-electron chi connectivity index (χ4n) is 2.83. The van der Waals surface area contributed by atoms with Crippen molar-refractivity contribution < 1.29 is 19.4 Å². The third-order valence-electron chi connectivity index (χ3n) is 4.49. The molecule has 0 unspecified atom stereocenters. The lowest BCUT2D eigenvalue weighted by Crippen LogP contribution is -2.13. The molecule has 156 valence electrons. The monoisotopic (exact) mass is 489 g/mol. The Kier molecular flexibility index (Phi) is 7.74. The first-order chi connectivity index (χ1) is 14.5. The van der Waals surface area contributed by atoms with Gasteiger partial charge in [0, 0.05) is 22.6 Å². The summed E-state index contributed by atoms with van der Waals surface area (Å²) < 4.78 is 12.3. The number of carbonyl (C=O) groups is 1. The van der Waals surface area contributed by atoms with Gasteiger partial charge in [0.2, 0.25) is 0 Å². The molecule has 3 aromatic carbocycles. The van der Waals surface area contributed by atoms with E-state index in [0.717, 1.165) is 21.2 Å². The van der Waals surface area contributed by atoms with Crippen molar-refractivity contribution in [2.75, 3.05) is 7.11 Å². The molecule has 5 nitrogen and oxygen atoms in total. The number of carboxylic acids is 1. The van der Waals surface area contributed by atoms with Gasteiger partial charge in [0.15, 0.2) is 11.5 Å². The number of methoxy groups -OCH3 is 1. The van der Waals surface area contributed by atoms with Crippen LogP contribution in [0.2, 0.25) is 5.02 Å². The predicted octanol–water partition coefficient (Wildman–Crippen LogP) is 5.68. The molecule has 0 fully saturated rings. The second-order valence-electron chi connectivity index (χ2n) is 6.62. The van der Waals surface area contributed by atoms with Crippen molar-refractivity contribution in [3.8, 4) is 11.5 Å². The molecule has 7 heteroatoms. The van der Waals surface area contributed by atoms with Crippen LogP contribution in [0.1, 0.15) is 27.0 Å². The van der Waals surface area contributed by atoms with Gasteiger partial charge in [-0.2, -0.15) is 0 Å². The van der Waals surface area contributed by atoms with Crippen LogP contribution in [0.4, 0.5) is 0 Å². The van der Waals surface area contributed by atoms with Crippen LogP contribution in [0.3, 0.4) is 0 Å². The van der Waals surface area contributed by atoms with E-state index in [9.17, 15) is 4.79 Å². The van der Waals surface area contributed by atoms with E-state index < -0.39 is 5.97 Å². The van der Waals surface area contributed by atoms with Gasteiger partial charge in [-0.15, -0.1) is 0 Å². The first-order valence-electron chi connectivity index (χ1n) is 9.23. The minimum absolute atomic E-state index is 0.278. The van der Waals surface area contributed by atoms with Gasteiger partial charge in [-0.1, -0.05) is 51.8 Å². The van der Waals surface area contributed by atoms with Crippen molar-refractivity contribution in [1.82, 2.24) is 5.32 Å². The Bertz CT molecular complexity index is 1010. The van der Waals surface area contributed by atoms with Crippen LogP contribution in [0.25, 0.3) is 0 Å². The number of aromatic carboxylic acids is 1. The molecule has 2 N–H and O–H groups in total. The molecule has 0 saturated carbocycles. The maximum Gasteiger partial charge on any atom is 0.335 e. The van der Waals surface area contributed by atoms with Gasteiger partial charge in [-0.3, -0.25) is 0 Å². The van der Waals surface area contributed by atoms with Crippen LogP contribution in [0.15, 0.2) is 65.1 Å². The zero-order valence-corrected chi connectivity index (χ0v) is 18.7. The van der Waals surface area contributed by atoms with E-state index in [0.29, 0.717) is 36.2 Å². The largest absolute Gasteiger partial charge is 0.493 e. The molecule has 0 aliphatic heterocycles. The zero-order valence-electron chi connectivity index (χ0n) is 16.3. The quantitative estimate of drug-likeness (QED) is 0.404. The van der Waals surface area contributed by atoms with Crippen molar-refractivity contribution >= 4 is 33.5 Å². The normalized spacial score (nSPS) is 10.6. The number of rotatable bonds is 9. The number of benzene rings is 3. The van der Waals surface area contributed by atoms with E-state index >= 15 is 0 Å². The lowest BCUT2D eigenvalue weighted by molar-refractivity contribution is 0.0697. The summed E-state index contributed by atoms with van der Waals surface area (Å²) in [5.74, 6) is 0.367. The topological polar surface area (TPSA) is 67.8 Å². The SMILES string of the molecule is COc1cc(CNCc2ccc(C(=O)O)cc2)c(Br)cc1OCc1ccc(Cl)cc1. The fourth-order valence-corrected chi connectivity index (χ4v) is 3.42. The van der Waals surface area contributed by atoms with Crippen molar-refractivity contribution in [3.05, 3.63) is 92.4 Å². The van der Waals surface area contributed by atoms with Gasteiger partial charge in [0.05, 0.1) is 12.7 Å². The van der Waals surface area contributed by atoms with E-state index in [2.05, 4.69) is 21.2 Å². The van der Waals surface area contributed by atoms with Gasteiger partial charge in [0.1, 0.15) is 6.61 Å². The molecule has 3 rings (SSSR count). The van der Waals surface area contributed by atoms with E-state index in [1.54, 1.807) is 31.4 Å².